The maximum atomic E-state index is 12.1. The highest BCUT2D eigenvalue weighted by molar-refractivity contribution is 7.80. The number of carbonyl (C=O) groups is 1. The number of hydrogen-bond acceptors (Lipinski definition) is 4. The predicted octanol–water partition coefficient (Wildman–Crippen LogP) is 1.50. The standard InChI is InChI=1S/C20H25N5OS/c26-19(22-23-20(27)21-15-17-7-3-1-4-8-17)16-24-11-13-25(14-12-24)18-9-5-2-6-10-18/h1-10H,11-16H2,(H,22,26)(H2,21,23,27). The van der Waals surface area contributed by atoms with Crippen molar-refractivity contribution in [3.05, 3.63) is 66.2 Å². The van der Waals surface area contributed by atoms with E-state index in [0.717, 1.165) is 31.7 Å². The average molecular weight is 384 g/mol. The molecule has 1 fully saturated rings. The van der Waals surface area contributed by atoms with Gasteiger partial charge in [0.25, 0.3) is 5.91 Å². The van der Waals surface area contributed by atoms with Gasteiger partial charge in [-0.1, -0.05) is 48.5 Å². The van der Waals surface area contributed by atoms with Crippen LogP contribution in [0.4, 0.5) is 5.69 Å². The summed E-state index contributed by atoms with van der Waals surface area (Å²) in [6.45, 7) is 4.53. The number of rotatable bonds is 5. The van der Waals surface area contributed by atoms with Gasteiger partial charge in [-0.2, -0.15) is 0 Å². The van der Waals surface area contributed by atoms with Crippen molar-refractivity contribution in [2.75, 3.05) is 37.6 Å². The van der Waals surface area contributed by atoms with E-state index in [1.165, 1.54) is 5.69 Å². The van der Waals surface area contributed by atoms with Gasteiger partial charge in [-0.25, -0.2) is 0 Å². The zero-order valence-corrected chi connectivity index (χ0v) is 16.0. The minimum Gasteiger partial charge on any atom is -0.369 e. The molecular formula is C20H25N5OS. The number of benzene rings is 2. The van der Waals surface area contributed by atoms with Crippen molar-refractivity contribution in [3.63, 3.8) is 0 Å². The molecule has 0 aliphatic carbocycles. The summed E-state index contributed by atoms with van der Waals surface area (Å²) in [5.74, 6) is -0.0907. The molecule has 142 valence electrons. The van der Waals surface area contributed by atoms with E-state index in [1.54, 1.807) is 0 Å². The summed E-state index contributed by atoms with van der Waals surface area (Å²) >= 11 is 5.19. The molecule has 0 unspecified atom stereocenters. The Balaban J connectivity index is 1.32. The van der Waals surface area contributed by atoms with Crippen LogP contribution in [0.1, 0.15) is 5.56 Å². The summed E-state index contributed by atoms with van der Waals surface area (Å²) in [5.41, 5.74) is 7.78. The van der Waals surface area contributed by atoms with Crippen LogP contribution in [0.5, 0.6) is 0 Å². The van der Waals surface area contributed by atoms with Gasteiger partial charge in [0.05, 0.1) is 6.54 Å². The smallest absolute Gasteiger partial charge is 0.252 e. The highest BCUT2D eigenvalue weighted by Gasteiger charge is 2.19. The Labute approximate surface area is 165 Å². The van der Waals surface area contributed by atoms with E-state index in [-0.39, 0.29) is 5.91 Å². The summed E-state index contributed by atoms with van der Waals surface area (Å²) in [5, 5.41) is 3.47. The third kappa shape index (κ3) is 6.23. The van der Waals surface area contributed by atoms with E-state index in [4.69, 9.17) is 12.2 Å². The lowest BCUT2D eigenvalue weighted by atomic mass is 10.2. The Bertz CT molecular complexity index is 733. The van der Waals surface area contributed by atoms with Gasteiger partial charge < -0.3 is 10.2 Å². The quantitative estimate of drug-likeness (QED) is 0.537. The van der Waals surface area contributed by atoms with Crippen LogP contribution in [0, 0.1) is 0 Å². The highest BCUT2D eigenvalue weighted by Crippen LogP contribution is 2.15. The summed E-state index contributed by atoms with van der Waals surface area (Å²) in [7, 11) is 0. The fourth-order valence-electron chi connectivity index (χ4n) is 2.99. The lowest BCUT2D eigenvalue weighted by Crippen LogP contribution is -2.53. The number of para-hydroxylation sites is 1. The van der Waals surface area contributed by atoms with Gasteiger partial charge in [-0.3, -0.25) is 20.5 Å². The highest BCUT2D eigenvalue weighted by atomic mass is 32.1. The summed E-state index contributed by atoms with van der Waals surface area (Å²) in [6, 6.07) is 20.3. The minimum atomic E-state index is -0.0907. The van der Waals surface area contributed by atoms with Crippen LogP contribution < -0.4 is 21.1 Å². The Morgan fingerprint density at radius 1 is 0.889 bits per heavy atom. The van der Waals surface area contributed by atoms with E-state index in [2.05, 4.69) is 50.2 Å². The van der Waals surface area contributed by atoms with Gasteiger partial charge in [-0.15, -0.1) is 0 Å². The number of hydrogen-bond donors (Lipinski definition) is 3. The van der Waals surface area contributed by atoms with Gasteiger partial charge in [0.1, 0.15) is 0 Å². The molecule has 0 saturated carbocycles. The maximum absolute atomic E-state index is 12.1. The Morgan fingerprint density at radius 3 is 2.19 bits per heavy atom. The molecule has 1 saturated heterocycles. The predicted molar refractivity (Wildman–Crippen MR) is 112 cm³/mol. The number of nitrogens with zero attached hydrogens (tertiary/aromatic N) is 2. The van der Waals surface area contributed by atoms with Crippen molar-refractivity contribution in [2.45, 2.75) is 6.54 Å². The van der Waals surface area contributed by atoms with E-state index < -0.39 is 0 Å². The van der Waals surface area contributed by atoms with Crippen LogP contribution in [-0.2, 0) is 11.3 Å². The number of nitrogens with one attached hydrogen (secondary N) is 3. The third-order valence-electron chi connectivity index (χ3n) is 4.47. The second-order valence-corrected chi connectivity index (χ2v) is 6.85. The lowest BCUT2D eigenvalue weighted by Gasteiger charge is -2.35. The van der Waals surface area contributed by atoms with Crippen LogP contribution in [0.2, 0.25) is 0 Å². The van der Waals surface area contributed by atoms with Crippen LogP contribution in [0.15, 0.2) is 60.7 Å². The molecule has 6 nitrogen and oxygen atoms in total. The monoisotopic (exact) mass is 383 g/mol. The summed E-state index contributed by atoms with van der Waals surface area (Å²) < 4.78 is 0. The number of thiocarbonyl (C=S) groups is 1. The van der Waals surface area contributed by atoms with Crippen molar-refractivity contribution in [2.24, 2.45) is 0 Å². The van der Waals surface area contributed by atoms with Crippen molar-refractivity contribution < 1.29 is 4.79 Å². The molecular weight excluding hydrogens is 358 g/mol. The first kappa shape index (κ1) is 19.1. The third-order valence-corrected chi connectivity index (χ3v) is 4.72. The van der Waals surface area contributed by atoms with Crippen molar-refractivity contribution >= 4 is 28.9 Å². The molecule has 1 aliphatic heterocycles. The number of carbonyl (C=O) groups excluding carboxylic acids is 1. The van der Waals surface area contributed by atoms with E-state index in [0.29, 0.717) is 18.2 Å². The molecule has 0 atom stereocenters. The molecule has 0 aromatic heterocycles. The molecule has 2 aromatic carbocycles. The normalized spacial score (nSPS) is 14.4. The van der Waals surface area contributed by atoms with Crippen LogP contribution in [-0.4, -0.2) is 48.6 Å². The topological polar surface area (TPSA) is 59.6 Å². The molecule has 1 heterocycles. The van der Waals surface area contributed by atoms with Crippen LogP contribution in [0.25, 0.3) is 0 Å². The molecule has 0 radical (unpaired) electrons. The Hall–Kier alpha value is -2.64. The van der Waals surface area contributed by atoms with Crippen LogP contribution >= 0.6 is 12.2 Å². The SMILES string of the molecule is O=C(CN1CCN(c2ccccc2)CC1)NNC(=S)NCc1ccccc1. The minimum absolute atomic E-state index is 0.0907. The summed E-state index contributed by atoms with van der Waals surface area (Å²) in [4.78, 5) is 16.6. The molecule has 27 heavy (non-hydrogen) atoms. The van der Waals surface area contributed by atoms with Gasteiger partial charge in [0.2, 0.25) is 0 Å². The molecule has 1 amide bonds. The number of hydrazine groups is 1. The second kappa shape index (κ2) is 9.89. The van der Waals surface area contributed by atoms with Crippen LogP contribution in [0.3, 0.4) is 0 Å². The molecule has 7 heteroatoms. The number of amides is 1. The van der Waals surface area contributed by atoms with Gasteiger partial charge in [0, 0.05) is 38.4 Å². The fraction of sp³-hybridized carbons (Fsp3) is 0.300. The molecule has 2 aromatic rings. The second-order valence-electron chi connectivity index (χ2n) is 6.44. The van der Waals surface area contributed by atoms with E-state index >= 15 is 0 Å². The molecule has 3 N–H and O–H groups in total. The fourth-order valence-corrected chi connectivity index (χ4v) is 3.12. The Kier molecular flexibility index (Phi) is 7.01. The van der Waals surface area contributed by atoms with E-state index in [9.17, 15) is 4.79 Å². The first-order valence-electron chi connectivity index (χ1n) is 9.10. The van der Waals surface area contributed by atoms with Crippen molar-refractivity contribution in [1.29, 1.82) is 0 Å². The van der Waals surface area contributed by atoms with Crippen molar-refractivity contribution in [3.8, 4) is 0 Å². The maximum Gasteiger partial charge on any atom is 0.252 e. The largest absolute Gasteiger partial charge is 0.369 e. The zero-order chi connectivity index (χ0) is 18.9. The molecule has 1 aliphatic rings. The van der Waals surface area contributed by atoms with E-state index in [1.807, 2.05) is 36.4 Å². The van der Waals surface area contributed by atoms with Gasteiger partial charge in [0.15, 0.2) is 5.11 Å². The number of piperazine rings is 1. The Morgan fingerprint density at radius 2 is 1.52 bits per heavy atom. The first-order valence-corrected chi connectivity index (χ1v) is 9.50. The summed E-state index contributed by atoms with van der Waals surface area (Å²) in [6.07, 6.45) is 0. The van der Waals surface area contributed by atoms with Gasteiger partial charge in [-0.05, 0) is 29.9 Å². The molecule has 0 spiro atoms. The zero-order valence-electron chi connectivity index (χ0n) is 15.2. The molecule has 0 bridgehead atoms. The first-order chi connectivity index (χ1) is 13.2. The number of anilines is 1. The van der Waals surface area contributed by atoms with Gasteiger partial charge >= 0.3 is 0 Å². The lowest BCUT2D eigenvalue weighted by molar-refractivity contribution is -0.122. The molecule has 3 rings (SSSR count). The average Bonchev–Trinajstić information content (AvgIpc) is 2.73. The van der Waals surface area contributed by atoms with Crippen molar-refractivity contribution in [1.82, 2.24) is 21.1 Å².